The maximum Gasteiger partial charge on any atom is 0.175 e. The summed E-state index contributed by atoms with van der Waals surface area (Å²) >= 11 is 0. The Hall–Kier alpha value is -3.08. The number of hydrogen-bond acceptors (Lipinski definition) is 4. The van der Waals surface area contributed by atoms with Crippen molar-refractivity contribution in [2.75, 3.05) is 0 Å². The van der Waals surface area contributed by atoms with Gasteiger partial charge in [0.1, 0.15) is 17.8 Å². The van der Waals surface area contributed by atoms with E-state index in [1.165, 1.54) is 18.5 Å². The number of hydrogen-bond donors (Lipinski definition) is 0. The van der Waals surface area contributed by atoms with Crippen LogP contribution in [0.15, 0.2) is 59.5 Å². The summed E-state index contributed by atoms with van der Waals surface area (Å²) in [6.07, 6.45) is 3.28. The molecule has 0 atom stereocenters. The van der Waals surface area contributed by atoms with Crippen molar-refractivity contribution in [3.63, 3.8) is 0 Å². The molecule has 4 nitrogen and oxygen atoms in total. The third kappa shape index (κ3) is 2.26. The van der Waals surface area contributed by atoms with Crippen LogP contribution in [0.1, 0.15) is 5.69 Å². The van der Waals surface area contributed by atoms with Crippen molar-refractivity contribution in [1.82, 2.24) is 15.1 Å². The molecule has 0 radical (unpaired) electrons. The van der Waals surface area contributed by atoms with Crippen LogP contribution >= 0.6 is 0 Å². The summed E-state index contributed by atoms with van der Waals surface area (Å²) in [5, 5.41) is 5.05. The Labute approximate surface area is 131 Å². The van der Waals surface area contributed by atoms with E-state index in [4.69, 9.17) is 4.52 Å². The van der Waals surface area contributed by atoms with Gasteiger partial charge in [-0.2, -0.15) is 0 Å². The van der Waals surface area contributed by atoms with Gasteiger partial charge < -0.3 is 4.52 Å². The smallest absolute Gasteiger partial charge is 0.175 e. The number of nitrogens with zero attached hydrogens (tertiary/aromatic N) is 3. The van der Waals surface area contributed by atoms with Gasteiger partial charge in [0, 0.05) is 28.6 Å². The predicted octanol–water partition coefficient (Wildman–Crippen LogP) is 4.40. The Bertz CT molecular complexity index is 993. The van der Waals surface area contributed by atoms with Gasteiger partial charge in [-0.1, -0.05) is 17.3 Å². The fraction of sp³-hybridized carbons (Fsp3) is 0.0556. The van der Waals surface area contributed by atoms with Crippen molar-refractivity contribution in [2.45, 2.75) is 6.92 Å². The largest absolute Gasteiger partial charge is 0.355 e. The molecule has 0 amide bonds. The Balaban J connectivity index is 1.94. The Kier molecular flexibility index (Phi) is 3.12. The van der Waals surface area contributed by atoms with Crippen LogP contribution < -0.4 is 0 Å². The van der Waals surface area contributed by atoms with Crippen molar-refractivity contribution in [3.8, 4) is 22.4 Å². The van der Waals surface area contributed by atoms with Crippen molar-refractivity contribution < 1.29 is 8.91 Å². The normalized spacial score (nSPS) is 11.0. The monoisotopic (exact) mass is 305 g/mol. The number of rotatable bonds is 2. The standard InChI is InChI=1S/C18H12FN3O/c1-11-16(9-20-10-21-11)14-3-2-4-15-17(22-23-18(14)15)12-5-7-13(19)8-6-12/h2-10H,1H3. The summed E-state index contributed by atoms with van der Waals surface area (Å²) in [6.45, 7) is 1.92. The number of aromatic nitrogens is 3. The molecule has 0 spiro atoms. The fourth-order valence-electron chi connectivity index (χ4n) is 2.65. The molecular formula is C18H12FN3O. The molecule has 5 heteroatoms. The van der Waals surface area contributed by atoms with Gasteiger partial charge in [0.25, 0.3) is 0 Å². The van der Waals surface area contributed by atoms with Crippen molar-refractivity contribution in [2.24, 2.45) is 0 Å². The molecular weight excluding hydrogens is 293 g/mol. The zero-order chi connectivity index (χ0) is 15.8. The number of halogens is 1. The van der Waals surface area contributed by atoms with E-state index in [1.54, 1.807) is 18.3 Å². The van der Waals surface area contributed by atoms with Crippen LogP contribution in [0.25, 0.3) is 33.4 Å². The molecule has 112 valence electrons. The Morgan fingerprint density at radius 2 is 1.83 bits per heavy atom. The van der Waals surface area contributed by atoms with Crippen molar-refractivity contribution >= 4 is 11.0 Å². The molecule has 0 saturated carbocycles. The second-order valence-corrected chi connectivity index (χ2v) is 5.24. The third-order valence-corrected chi connectivity index (χ3v) is 3.82. The molecule has 4 rings (SSSR count). The zero-order valence-corrected chi connectivity index (χ0v) is 12.3. The highest BCUT2D eigenvalue weighted by Gasteiger charge is 2.16. The lowest BCUT2D eigenvalue weighted by Crippen LogP contribution is -1.89. The molecule has 0 fully saturated rings. The fourth-order valence-corrected chi connectivity index (χ4v) is 2.65. The summed E-state index contributed by atoms with van der Waals surface area (Å²) in [6, 6.07) is 12.0. The first-order chi connectivity index (χ1) is 11.2. The molecule has 2 aromatic carbocycles. The van der Waals surface area contributed by atoms with Crippen LogP contribution in [-0.4, -0.2) is 15.1 Å². The lowest BCUT2D eigenvalue weighted by atomic mass is 10.0. The van der Waals surface area contributed by atoms with Gasteiger partial charge in [-0.3, -0.25) is 0 Å². The predicted molar refractivity (Wildman–Crippen MR) is 85.2 cm³/mol. The summed E-state index contributed by atoms with van der Waals surface area (Å²) in [7, 11) is 0. The highest BCUT2D eigenvalue weighted by Crippen LogP contribution is 2.35. The molecule has 0 N–H and O–H groups in total. The van der Waals surface area contributed by atoms with Crippen LogP contribution in [-0.2, 0) is 0 Å². The lowest BCUT2D eigenvalue weighted by Gasteiger charge is -2.04. The first-order valence-electron chi connectivity index (χ1n) is 7.15. The molecule has 2 heterocycles. The third-order valence-electron chi connectivity index (χ3n) is 3.82. The van der Waals surface area contributed by atoms with E-state index < -0.39 is 0 Å². The van der Waals surface area contributed by atoms with Gasteiger partial charge >= 0.3 is 0 Å². The average molecular weight is 305 g/mol. The molecule has 23 heavy (non-hydrogen) atoms. The van der Waals surface area contributed by atoms with Crippen molar-refractivity contribution in [1.29, 1.82) is 0 Å². The minimum atomic E-state index is -0.278. The van der Waals surface area contributed by atoms with Gasteiger partial charge in [-0.05, 0) is 37.3 Å². The van der Waals surface area contributed by atoms with Crippen molar-refractivity contribution in [3.05, 3.63) is 66.5 Å². The van der Waals surface area contributed by atoms with Gasteiger partial charge in [0.05, 0.1) is 5.39 Å². The molecule has 2 aromatic heterocycles. The highest BCUT2D eigenvalue weighted by molar-refractivity contribution is 5.99. The molecule has 4 aromatic rings. The average Bonchev–Trinajstić information content (AvgIpc) is 3.00. The molecule has 0 bridgehead atoms. The van der Waals surface area contributed by atoms with Gasteiger partial charge in [0.15, 0.2) is 5.58 Å². The highest BCUT2D eigenvalue weighted by atomic mass is 19.1. The summed E-state index contributed by atoms with van der Waals surface area (Å²) in [5.41, 5.74) is 4.83. The number of fused-ring (bicyclic) bond motifs is 1. The minimum Gasteiger partial charge on any atom is -0.355 e. The molecule has 0 aliphatic heterocycles. The first kappa shape index (κ1) is 13.6. The van der Waals surface area contributed by atoms with E-state index in [1.807, 2.05) is 25.1 Å². The van der Waals surface area contributed by atoms with Crippen LogP contribution in [0.3, 0.4) is 0 Å². The van der Waals surface area contributed by atoms with E-state index in [0.29, 0.717) is 11.3 Å². The first-order valence-corrected chi connectivity index (χ1v) is 7.15. The van der Waals surface area contributed by atoms with Gasteiger partial charge in [-0.25, -0.2) is 14.4 Å². The maximum absolute atomic E-state index is 13.1. The Morgan fingerprint density at radius 3 is 2.61 bits per heavy atom. The topological polar surface area (TPSA) is 51.8 Å². The second-order valence-electron chi connectivity index (χ2n) is 5.24. The summed E-state index contributed by atoms with van der Waals surface area (Å²) in [5.74, 6) is -0.278. The lowest BCUT2D eigenvalue weighted by molar-refractivity contribution is 0.460. The summed E-state index contributed by atoms with van der Waals surface area (Å²) < 4.78 is 18.7. The minimum absolute atomic E-state index is 0.278. The van der Waals surface area contributed by atoms with Crippen LogP contribution in [0.2, 0.25) is 0 Å². The number of aryl methyl sites for hydroxylation is 1. The molecule has 0 saturated heterocycles. The number of para-hydroxylation sites is 1. The van der Waals surface area contributed by atoms with E-state index in [9.17, 15) is 4.39 Å². The second kappa shape index (κ2) is 5.28. The quantitative estimate of drug-likeness (QED) is 0.551. The molecule has 0 aliphatic carbocycles. The Morgan fingerprint density at radius 1 is 1.00 bits per heavy atom. The number of benzene rings is 2. The van der Waals surface area contributed by atoms with E-state index in [2.05, 4.69) is 15.1 Å². The van der Waals surface area contributed by atoms with Gasteiger partial charge in [-0.15, -0.1) is 0 Å². The molecule has 0 aliphatic rings. The van der Waals surface area contributed by atoms with E-state index in [-0.39, 0.29) is 5.82 Å². The maximum atomic E-state index is 13.1. The summed E-state index contributed by atoms with van der Waals surface area (Å²) in [4.78, 5) is 8.31. The van der Waals surface area contributed by atoms with Crippen LogP contribution in [0.5, 0.6) is 0 Å². The molecule has 0 unspecified atom stereocenters. The van der Waals surface area contributed by atoms with Gasteiger partial charge in [0.2, 0.25) is 0 Å². The SMILES string of the molecule is Cc1ncncc1-c1cccc2c(-c3ccc(F)cc3)noc12. The van der Waals surface area contributed by atoms with E-state index in [0.717, 1.165) is 27.8 Å². The van der Waals surface area contributed by atoms with Crippen LogP contribution in [0.4, 0.5) is 4.39 Å². The van der Waals surface area contributed by atoms with Crippen LogP contribution in [0, 0.1) is 12.7 Å². The zero-order valence-electron chi connectivity index (χ0n) is 12.3. The van der Waals surface area contributed by atoms with E-state index >= 15 is 0 Å².